The second-order valence-corrected chi connectivity index (χ2v) is 7.96. The first-order valence-electron chi connectivity index (χ1n) is 7.90. The van der Waals surface area contributed by atoms with Crippen LogP contribution in [0.3, 0.4) is 0 Å². The van der Waals surface area contributed by atoms with E-state index in [9.17, 15) is 22.4 Å². The first kappa shape index (κ1) is 19.7. The number of amides is 1. The molecule has 1 N–H and O–H groups in total. The van der Waals surface area contributed by atoms with Gasteiger partial charge in [0.2, 0.25) is 15.7 Å². The third-order valence-electron chi connectivity index (χ3n) is 3.67. The van der Waals surface area contributed by atoms with E-state index in [4.69, 9.17) is 11.6 Å². The number of halogens is 2. The summed E-state index contributed by atoms with van der Waals surface area (Å²) in [5.74, 6) is -1.30. The highest BCUT2D eigenvalue weighted by Gasteiger charge is 2.20. The molecule has 7 nitrogen and oxygen atoms in total. The molecule has 0 saturated heterocycles. The lowest BCUT2D eigenvalue weighted by Crippen LogP contribution is -2.30. The van der Waals surface area contributed by atoms with Gasteiger partial charge >= 0.3 is 0 Å². The zero-order chi connectivity index (χ0) is 20.3. The Hall–Kier alpha value is -3.04. The van der Waals surface area contributed by atoms with Gasteiger partial charge in [-0.25, -0.2) is 17.5 Å². The van der Waals surface area contributed by atoms with Gasteiger partial charge in [0, 0.05) is 11.8 Å². The van der Waals surface area contributed by atoms with E-state index in [2.05, 4.69) is 10.4 Å². The maximum atomic E-state index is 13.2. The lowest BCUT2D eigenvalue weighted by Gasteiger charge is -2.09. The molecule has 28 heavy (non-hydrogen) atoms. The number of aromatic nitrogens is 2. The fourth-order valence-electron chi connectivity index (χ4n) is 2.32. The minimum absolute atomic E-state index is 0.0121. The topological polar surface area (TPSA) is 98.1 Å². The summed E-state index contributed by atoms with van der Waals surface area (Å²) in [6, 6.07) is 13.3. The molecule has 0 aliphatic rings. The fraction of sp³-hybridized carbons (Fsp3) is 0.0556. The summed E-state index contributed by atoms with van der Waals surface area (Å²) in [6.45, 7) is -0.536. The molecule has 0 fully saturated rings. The number of benzene rings is 2. The second-order valence-electron chi connectivity index (χ2n) is 5.66. The molecule has 0 aliphatic heterocycles. The van der Waals surface area contributed by atoms with Crippen LogP contribution in [-0.4, -0.2) is 24.1 Å². The molecular weight excluding hydrogens is 409 g/mol. The van der Waals surface area contributed by atoms with Crippen molar-refractivity contribution in [3.63, 3.8) is 0 Å². The van der Waals surface area contributed by atoms with Gasteiger partial charge in [-0.2, -0.15) is 5.10 Å². The van der Waals surface area contributed by atoms with Crippen LogP contribution in [-0.2, 0) is 21.2 Å². The Labute approximate surface area is 164 Å². The highest BCUT2D eigenvalue weighted by molar-refractivity contribution is 7.91. The number of anilines is 1. The van der Waals surface area contributed by atoms with Crippen molar-refractivity contribution in [3.8, 4) is 0 Å². The summed E-state index contributed by atoms with van der Waals surface area (Å²) >= 11 is 5.65. The molecule has 1 heterocycles. The number of sulfone groups is 1. The van der Waals surface area contributed by atoms with E-state index in [0.29, 0.717) is 0 Å². The third-order valence-corrected chi connectivity index (χ3v) is 5.62. The van der Waals surface area contributed by atoms with Gasteiger partial charge in [-0.3, -0.25) is 9.59 Å². The maximum Gasteiger partial charge on any atom is 0.267 e. The Balaban J connectivity index is 1.85. The summed E-state index contributed by atoms with van der Waals surface area (Å²) in [6.07, 6.45) is 0. The molecule has 0 bridgehead atoms. The van der Waals surface area contributed by atoms with Gasteiger partial charge in [0.15, 0.2) is 5.03 Å². The van der Waals surface area contributed by atoms with Crippen LogP contribution in [0.5, 0.6) is 0 Å². The minimum Gasteiger partial charge on any atom is -0.324 e. The lowest BCUT2D eigenvalue weighted by molar-refractivity contribution is -0.117. The number of carbonyl (C=O) groups excluding carboxylic acids is 1. The number of hydrogen-bond acceptors (Lipinski definition) is 5. The molecule has 10 heteroatoms. The van der Waals surface area contributed by atoms with Gasteiger partial charge in [-0.05, 0) is 36.4 Å². The summed E-state index contributed by atoms with van der Waals surface area (Å²) in [4.78, 5) is 24.2. The number of nitrogens with zero attached hydrogens (tertiary/aromatic N) is 2. The SMILES string of the molecule is O=C(Cn1nc(S(=O)(=O)c2ccccc2)ccc1=O)Nc1ccc(F)c(Cl)c1. The van der Waals surface area contributed by atoms with E-state index < -0.39 is 33.7 Å². The summed E-state index contributed by atoms with van der Waals surface area (Å²) in [5.41, 5.74) is -0.434. The number of rotatable bonds is 5. The Kier molecular flexibility index (Phi) is 5.57. The molecular formula is C18H13ClFN3O4S. The largest absolute Gasteiger partial charge is 0.324 e. The van der Waals surface area contributed by atoms with Crippen molar-refractivity contribution in [2.45, 2.75) is 16.5 Å². The van der Waals surface area contributed by atoms with Gasteiger partial charge in [-0.15, -0.1) is 0 Å². The lowest BCUT2D eigenvalue weighted by atomic mass is 10.3. The van der Waals surface area contributed by atoms with Crippen molar-refractivity contribution >= 4 is 33.0 Å². The average molecular weight is 422 g/mol. The van der Waals surface area contributed by atoms with Crippen molar-refractivity contribution in [3.05, 3.63) is 81.9 Å². The number of carbonyl (C=O) groups is 1. The van der Waals surface area contributed by atoms with Crippen LogP contribution in [0.15, 0.2) is 75.4 Å². The van der Waals surface area contributed by atoms with Gasteiger partial charge in [-0.1, -0.05) is 29.8 Å². The molecule has 144 valence electrons. The van der Waals surface area contributed by atoms with Crippen LogP contribution < -0.4 is 10.9 Å². The van der Waals surface area contributed by atoms with E-state index in [0.717, 1.165) is 22.9 Å². The van der Waals surface area contributed by atoms with Crippen LogP contribution in [0.4, 0.5) is 10.1 Å². The van der Waals surface area contributed by atoms with Gasteiger partial charge in [0.25, 0.3) is 5.56 Å². The minimum atomic E-state index is -3.94. The molecule has 0 spiro atoms. The van der Waals surface area contributed by atoms with Crippen LogP contribution in [0, 0.1) is 5.82 Å². The fourth-order valence-corrected chi connectivity index (χ4v) is 3.71. The first-order valence-corrected chi connectivity index (χ1v) is 9.77. The first-order chi connectivity index (χ1) is 13.3. The molecule has 0 aliphatic carbocycles. The van der Waals surface area contributed by atoms with Gasteiger partial charge in [0.05, 0.1) is 9.92 Å². The van der Waals surface area contributed by atoms with Crippen LogP contribution in [0.2, 0.25) is 5.02 Å². The van der Waals surface area contributed by atoms with Crippen molar-refractivity contribution in [1.82, 2.24) is 9.78 Å². The number of nitrogens with one attached hydrogen (secondary N) is 1. The smallest absolute Gasteiger partial charge is 0.267 e. The highest BCUT2D eigenvalue weighted by atomic mass is 35.5. The number of hydrogen-bond donors (Lipinski definition) is 1. The summed E-state index contributed by atoms with van der Waals surface area (Å²) < 4.78 is 39.1. The van der Waals surface area contributed by atoms with Crippen molar-refractivity contribution < 1.29 is 17.6 Å². The van der Waals surface area contributed by atoms with Crippen molar-refractivity contribution in [2.24, 2.45) is 0 Å². The van der Waals surface area contributed by atoms with Crippen molar-refractivity contribution in [2.75, 3.05) is 5.32 Å². The van der Waals surface area contributed by atoms with Crippen molar-refractivity contribution in [1.29, 1.82) is 0 Å². The molecule has 0 radical (unpaired) electrons. The third kappa shape index (κ3) is 4.26. The molecule has 1 amide bonds. The van der Waals surface area contributed by atoms with E-state index in [1.165, 1.54) is 24.3 Å². The molecule has 3 aromatic rings. The standard InChI is InChI=1S/C18H13ClFN3O4S/c19-14-10-12(6-7-15(14)20)21-16(24)11-23-18(25)9-8-17(22-23)28(26,27)13-4-2-1-3-5-13/h1-10H,11H2,(H,21,24). The van der Waals surface area contributed by atoms with Gasteiger partial charge < -0.3 is 5.32 Å². The Morgan fingerprint density at radius 2 is 1.82 bits per heavy atom. The molecule has 1 aromatic heterocycles. The monoisotopic (exact) mass is 421 g/mol. The molecule has 3 rings (SSSR count). The Bertz CT molecular complexity index is 1200. The Morgan fingerprint density at radius 3 is 2.50 bits per heavy atom. The van der Waals surface area contributed by atoms with E-state index >= 15 is 0 Å². The molecule has 2 aromatic carbocycles. The molecule has 0 atom stereocenters. The zero-order valence-electron chi connectivity index (χ0n) is 14.2. The van der Waals surface area contributed by atoms with E-state index in [1.54, 1.807) is 18.2 Å². The predicted molar refractivity (Wildman–Crippen MR) is 100 cm³/mol. The summed E-state index contributed by atoms with van der Waals surface area (Å²) in [7, 11) is -3.94. The van der Waals surface area contributed by atoms with Crippen LogP contribution in [0.1, 0.15) is 0 Å². The zero-order valence-corrected chi connectivity index (χ0v) is 15.7. The second kappa shape index (κ2) is 7.91. The Morgan fingerprint density at radius 1 is 1.11 bits per heavy atom. The van der Waals surface area contributed by atoms with Gasteiger partial charge in [0.1, 0.15) is 12.4 Å². The van der Waals surface area contributed by atoms with Crippen LogP contribution >= 0.6 is 11.6 Å². The molecule has 0 unspecified atom stereocenters. The van der Waals surface area contributed by atoms with E-state index in [1.807, 2.05) is 0 Å². The maximum absolute atomic E-state index is 13.2. The summed E-state index contributed by atoms with van der Waals surface area (Å²) in [5, 5.41) is 5.70. The quantitative estimate of drug-likeness (QED) is 0.682. The normalized spacial score (nSPS) is 11.2. The highest BCUT2D eigenvalue weighted by Crippen LogP contribution is 2.19. The average Bonchev–Trinajstić information content (AvgIpc) is 2.67. The van der Waals surface area contributed by atoms with E-state index in [-0.39, 0.29) is 20.6 Å². The predicted octanol–water partition coefficient (Wildman–Crippen LogP) is 2.51. The molecule has 0 saturated carbocycles. The van der Waals surface area contributed by atoms with Crippen LogP contribution in [0.25, 0.3) is 0 Å².